The largest absolute Gasteiger partial charge is 0.310 e. The smallest absolute Gasteiger partial charge is 0.0546 e. The zero-order valence-electron chi connectivity index (χ0n) is 33.6. The molecule has 0 bridgehead atoms. The van der Waals surface area contributed by atoms with Gasteiger partial charge in [-0.25, -0.2) is 0 Å². The SMILES string of the molecule is Cc1ccc2c(c1)sc1cc(N(c3ccc(-c4cc5ccccc5c5ccccc45)cc3)c3cc(-c4cc5ccccc5c5ccccc45)ccc3-c3ccccc3)ccc12. The van der Waals surface area contributed by atoms with Crippen LogP contribution in [0.1, 0.15) is 5.56 Å². The molecule has 0 atom stereocenters. The molecule has 0 saturated heterocycles. The Morgan fingerprint density at radius 2 is 0.803 bits per heavy atom. The van der Waals surface area contributed by atoms with E-state index in [2.05, 4.69) is 230 Å². The lowest BCUT2D eigenvalue weighted by Gasteiger charge is -2.29. The van der Waals surface area contributed by atoms with Crippen LogP contribution in [-0.4, -0.2) is 0 Å². The van der Waals surface area contributed by atoms with Gasteiger partial charge in [0, 0.05) is 37.1 Å². The first-order chi connectivity index (χ1) is 30.1. The van der Waals surface area contributed by atoms with E-state index in [0.717, 1.165) is 17.1 Å². The molecule has 0 radical (unpaired) electrons. The molecule has 0 spiro atoms. The molecule has 0 aliphatic carbocycles. The molecule has 2 heteroatoms. The van der Waals surface area contributed by atoms with Crippen LogP contribution < -0.4 is 4.90 Å². The molecular weight excluding hydrogens is 755 g/mol. The second-order valence-corrected chi connectivity index (χ2v) is 17.2. The van der Waals surface area contributed by atoms with Crippen molar-refractivity contribution in [3.8, 4) is 33.4 Å². The van der Waals surface area contributed by atoms with Gasteiger partial charge < -0.3 is 4.90 Å². The van der Waals surface area contributed by atoms with Gasteiger partial charge in [0.15, 0.2) is 0 Å². The Morgan fingerprint density at radius 1 is 0.311 bits per heavy atom. The molecule has 0 unspecified atom stereocenters. The predicted molar refractivity (Wildman–Crippen MR) is 265 cm³/mol. The van der Waals surface area contributed by atoms with Crippen molar-refractivity contribution in [2.24, 2.45) is 0 Å². The fourth-order valence-electron chi connectivity index (χ4n) is 9.56. The Morgan fingerprint density at radius 3 is 1.46 bits per heavy atom. The van der Waals surface area contributed by atoms with Crippen molar-refractivity contribution < 1.29 is 0 Å². The Hall–Kier alpha value is -7.52. The number of nitrogens with zero attached hydrogens (tertiary/aromatic N) is 1. The van der Waals surface area contributed by atoms with Crippen molar-refractivity contribution >= 4 is 91.7 Å². The van der Waals surface area contributed by atoms with Crippen LogP contribution in [0.4, 0.5) is 17.1 Å². The lowest BCUT2D eigenvalue weighted by Crippen LogP contribution is -2.11. The van der Waals surface area contributed by atoms with E-state index >= 15 is 0 Å². The van der Waals surface area contributed by atoms with Gasteiger partial charge in [0.1, 0.15) is 0 Å². The highest BCUT2D eigenvalue weighted by molar-refractivity contribution is 7.25. The molecule has 0 aliphatic heterocycles. The summed E-state index contributed by atoms with van der Waals surface area (Å²) in [5.41, 5.74) is 11.8. The van der Waals surface area contributed by atoms with Gasteiger partial charge >= 0.3 is 0 Å². The predicted octanol–water partition coefficient (Wildman–Crippen LogP) is 17.4. The number of benzene rings is 11. The fraction of sp³-hybridized carbons (Fsp3) is 0.0169. The third kappa shape index (κ3) is 5.99. The summed E-state index contributed by atoms with van der Waals surface area (Å²) >= 11 is 1.88. The first-order valence-electron chi connectivity index (χ1n) is 21.0. The molecule has 0 aliphatic rings. The molecule has 1 aromatic heterocycles. The van der Waals surface area contributed by atoms with E-state index in [9.17, 15) is 0 Å². The second kappa shape index (κ2) is 14.3. The number of fused-ring (bicyclic) bond motifs is 9. The molecule has 0 fully saturated rings. The number of thiophene rings is 1. The van der Waals surface area contributed by atoms with Crippen LogP contribution in [0.5, 0.6) is 0 Å². The number of hydrogen-bond donors (Lipinski definition) is 0. The molecular formula is C59H39NS. The van der Waals surface area contributed by atoms with Crippen molar-refractivity contribution in [2.45, 2.75) is 6.92 Å². The average molecular weight is 794 g/mol. The van der Waals surface area contributed by atoms with Crippen molar-refractivity contribution in [1.29, 1.82) is 0 Å². The number of aryl methyl sites for hydroxylation is 1. The molecule has 11 aromatic carbocycles. The average Bonchev–Trinajstić information content (AvgIpc) is 3.68. The van der Waals surface area contributed by atoms with Crippen molar-refractivity contribution in [3.63, 3.8) is 0 Å². The van der Waals surface area contributed by atoms with Gasteiger partial charge in [-0.2, -0.15) is 0 Å². The quantitative estimate of drug-likeness (QED) is 0.152. The monoisotopic (exact) mass is 793 g/mol. The maximum absolute atomic E-state index is 2.48. The van der Waals surface area contributed by atoms with E-state index < -0.39 is 0 Å². The lowest BCUT2D eigenvalue weighted by molar-refractivity contribution is 1.29. The standard InChI is InChI=1S/C59H39NS/c1-38-23-30-53-54-32-29-45(37-59(54)61-58(53)33-38)60(44-27-24-40(25-28-44)55-34-41-15-5-7-17-46(41)49-19-9-11-21-51(49)55)57-36-43(26-31-48(57)39-13-3-2-4-14-39)56-35-42-16-6-8-18-47(42)50-20-10-12-22-52(50)56/h2-37H,1H3. The third-order valence-corrected chi connectivity index (χ3v) is 13.6. The molecule has 0 amide bonds. The molecule has 1 heterocycles. The van der Waals surface area contributed by atoms with E-state index in [-0.39, 0.29) is 0 Å². The molecule has 286 valence electrons. The van der Waals surface area contributed by atoms with E-state index in [4.69, 9.17) is 0 Å². The normalized spacial score (nSPS) is 11.7. The minimum atomic E-state index is 1.10. The first-order valence-corrected chi connectivity index (χ1v) is 21.8. The topological polar surface area (TPSA) is 3.24 Å². The van der Waals surface area contributed by atoms with Crippen molar-refractivity contribution in [3.05, 3.63) is 224 Å². The second-order valence-electron chi connectivity index (χ2n) is 16.1. The van der Waals surface area contributed by atoms with Crippen molar-refractivity contribution in [1.82, 2.24) is 0 Å². The number of hydrogen-bond acceptors (Lipinski definition) is 2. The van der Waals surface area contributed by atoms with Crippen LogP contribution in [0.3, 0.4) is 0 Å². The Labute approximate surface area is 359 Å². The maximum atomic E-state index is 2.48. The third-order valence-electron chi connectivity index (χ3n) is 12.5. The minimum absolute atomic E-state index is 1.10. The van der Waals surface area contributed by atoms with Crippen LogP contribution in [0.2, 0.25) is 0 Å². The van der Waals surface area contributed by atoms with Gasteiger partial charge in [-0.15, -0.1) is 11.3 Å². The highest BCUT2D eigenvalue weighted by Gasteiger charge is 2.21. The van der Waals surface area contributed by atoms with Crippen LogP contribution in [0.15, 0.2) is 218 Å². The number of rotatable bonds is 6. The van der Waals surface area contributed by atoms with Gasteiger partial charge in [-0.3, -0.25) is 0 Å². The summed E-state index contributed by atoms with van der Waals surface area (Å²) in [6.45, 7) is 2.18. The zero-order valence-corrected chi connectivity index (χ0v) is 34.5. The van der Waals surface area contributed by atoms with Gasteiger partial charge in [0.05, 0.1) is 5.69 Å². The highest BCUT2D eigenvalue weighted by Crippen LogP contribution is 2.47. The summed E-state index contributed by atoms with van der Waals surface area (Å²) in [5, 5.41) is 12.7. The lowest BCUT2D eigenvalue weighted by atomic mass is 9.91. The van der Waals surface area contributed by atoms with Crippen LogP contribution >= 0.6 is 11.3 Å². The summed E-state index contributed by atoms with van der Waals surface area (Å²) in [4.78, 5) is 2.48. The van der Waals surface area contributed by atoms with E-state index in [1.807, 2.05) is 11.3 Å². The van der Waals surface area contributed by atoms with E-state index in [1.54, 1.807) is 0 Å². The Kier molecular flexibility index (Phi) is 8.33. The molecule has 12 aromatic rings. The summed E-state index contributed by atoms with van der Waals surface area (Å²) < 4.78 is 2.60. The van der Waals surface area contributed by atoms with Crippen molar-refractivity contribution in [2.75, 3.05) is 4.90 Å². The van der Waals surface area contributed by atoms with Crippen LogP contribution in [-0.2, 0) is 0 Å². The van der Waals surface area contributed by atoms with Gasteiger partial charge in [-0.05, 0) is 132 Å². The molecule has 12 rings (SSSR count). The maximum Gasteiger partial charge on any atom is 0.0546 e. The Bertz CT molecular complexity index is 3650. The zero-order chi connectivity index (χ0) is 40.4. The molecule has 0 N–H and O–H groups in total. The summed E-state index contributed by atoms with van der Waals surface area (Å²) in [6, 6.07) is 80.8. The number of anilines is 3. The molecule has 61 heavy (non-hydrogen) atoms. The highest BCUT2D eigenvalue weighted by atomic mass is 32.1. The molecule has 1 nitrogen and oxygen atoms in total. The van der Waals surface area contributed by atoms with Gasteiger partial charge in [-0.1, -0.05) is 170 Å². The van der Waals surface area contributed by atoms with Gasteiger partial charge in [0.25, 0.3) is 0 Å². The Balaban J connectivity index is 1.10. The summed E-state index contributed by atoms with van der Waals surface area (Å²) in [6.07, 6.45) is 0. The summed E-state index contributed by atoms with van der Waals surface area (Å²) in [7, 11) is 0. The van der Waals surface area contributed by atoms with E-state index in [1.165, 1.54) is 102 Å². The van der Waals surface area contributed by atoms with Crippen LogP contribution in [0.25, 0.3) is 96.6 Å². The first kappa shape index (κ1) is 35.4. The molecule has 0 saturated carbocycles. The summed E-state index contributed by atoms with van der Waals surface area (Å²) in [5.74, 6) is 0. The minimum Gasteiger partial charge on any atom is -0.310 e. The van der Waals surface area contributed by atoms with E-state index in [0.29, 0.717) is 0 Å². The van der Waals surface area contributed by atoms with Gasteiger partial charge in [0.2, 0.25) is 0 Å². The van der Waals surface area contributed by atoms with Crippen LogP contribution in [0, 0.1) is 6.92 Å². The fourth-order valence-corrected chi connectivity index (χ4v) is 10.8.